The van der Waals surface area contributed by atoms with Crippen LogP contribution in [0.15, 0.2) is 0 Å². The number of hydrogen-bond acceptors (Lipinski definition) is 4. The van der Waals surface area contributed by atoms with Crippen LogP contribution in [0.4, 0.5) is 132 Å². The zero-order valence-electron chi connectivity index (χ0n) is 21.7. The Bertz CT molecular complexity index is 1160. The summed E-state index contributed by atoms with van der Waals surface area (Å²) in [5.74, 6) is -107. The number of alkyl halides is 30. The Balaban J connectivity index is -0.000000886. The van der Waals surface area contributed by atoms with Crippen molar-refractivity contribution in [3.05, 3.63) is 0 Å². The van der Waals surface area contributed by atoms with Gasteiger partial charge in [0.15, 0.2) is 0 Å². The van der Waals surface area contributed by atoms with E-state index in [0.717, 1.165) is 0 Å². The van der Waals surface area contributed by atoms with E-state index in [-0.39, 0.29) is 48.9 Å². The van der Waals surface area contributed by atoms with Crippen LogP contribution < -0.4 is 10.2 Å². The van der Waals surface area contributed by atoms with Gasteiger partial charge >= 0.3 is 132 Å². The Morgan fingerprint density at radius 1 is 0.255 bits per heavy atom. The normalized spacial score (nSPS) is 15.8. The second-order valence-corrected chi connectivity index (χ2v) is 8.46. The van der Waals surface area contributed by atoms with E-state index >= 15 is 0 Å². The van der Waals surface area contributed by atoms with Gasteiger partial charge in [-0.1, -0.05) is 0 Å². The van der Waals surface area contributed by atoms with Gasteiger partial charge in [0.25, 0.3) is 0 Å². The van der Waals surface area contributed by atoms with Crippen molar-refractivity contribution in [2.45, 2.75) is 83.4 Å². The third-order valence-corrected chi connectivity index (χ3v) is 5.17. The van der Waals surface area contributed by atoms with Crippen LogP contribution in [0.5, 0.6) is 0 Å². The number of halogens is 30. The first-order chi connectivity index (χ1) is 20.9. The second kappa shape index (κ2) is 13.9. The van der Waals surface area contributed by atoms with Crippen LogP contribution in [-0.4, -0.2) is 144 Å². The molecule has 0 heterocycles. The molecule has 0 atom stereocenters. The molecule has 0 aromatic heterocycles. The molecule has 0 saturated heterocycles. The first kappa shape index (κ1) is 53.8. The summed E-state index contributed by atoms with van der Waals surface area (Å²) >= 11 is 0. The largest absolute Gasteiger partial charge is 2.00 e. The smallest absolute Gasteiger partial charge is 0.544 e. The Morgan fingerprint density at radius 3 is 0.490 bits per heavy atom. The average Bonchev–Trinajstić information content (AvgIpc) is 2.86. The minimum absolute atomic E-state index is 0. The maximum Gasteiger partial charge on any atom is 2.00 e. The number of rotatable bonds is 12. The van der Waals surface area contributed by atoms with Crippen molar-refractivity contribution in [2.24, 2.45) is 0 Å². The maximum absolute atomic E-state index is 12.8. The summed E-state index contributed by atoms with van der Waals surface area (Å²) in [5.41, 5.74) is 0. The minimum atomic E-state index is -8.50. The second-order valence-electron chi connectivity index (χ2n) is 8.46. The zero-order chi connectivity index (χ0) is 42.2. The number of aliphatic carboxylic acids is 2. The summed E-state index contributed by atoms with van der Waals surface area (Å²) in [7, 11) is 0. The van der Waals surface area contributed by atoms with Gasteiger partial charge in [0, 0.05) is 0 Å². The number of carboxylic acids is 2. The van der Waals surface area contributed by atoms with Crippen LogP contribution >= 0.6 is 0 Å². The van der Waals surface area contributed by atoms with Crippen molar-refractivity contribution < 1.29 is 152 Å². The third kappa shape index (κ3) is 7.44. The molecule has 0 fully saturated rings. The Kier molecular flexibility index (Phi) is 14.7. The molecule has 35 heteroatoms. The number of carbonyl (C=O) groups excluding carboxylic acids is 2. The van der Waals surface area contributed by atoms with Gasteiger partial charge in [-0.15, -0.1) is 0 Å². The van der Waals surface area contributed by atoms with Crippen molar-refractivity contribution in [3.63, 3.8) is 0 Å². The molecular weight excluding hydrogens is 963 g/mol. The van der Waals surface area contributed by atoms with Crippen molar-refractivity contribution in [1.82, 2.24) is 0 Å². The quantitative estimate of drug-likeness (QED) is 0.182. The van der Waals surface area contributed by atoms with E-state index < -0.39 is 95.4 Å². The monoisotopic (exact) mass is 964 g/mol. The summed E-state index contributed by atoms with van der Waals surface area (Å²) in [5, 5.41) is 19.2. The SMILES string of the molecule is O=C([O-])C(F)(F)C(F)(F)C(F)(F)C(F)(F)C(F)(F)C(F)(F)C(F)(F)F.O=C([O-])C(F)(F)C(F)(F)C(F)(F)C(F)(F)C(F)(F)C(F)(F)C(F)(F)F.[Ba+2]. The van der Waals surface area contributed by atoms with Gasteiger partial charge in [-0.2, -0.15) is 132 Å². The molecule has 0 rings (SSSR count). The number of carboxylic acid groups (broad SMARTS) is 2. The van der Waals surface area contributed by atoms with Crippen LogP contribution in [0.3, 0.4) is 0 Å². The molecule has 0 aliphatic heterocycles. The molecule has 0 saturated carbocycles. The molecule has 51 heavy (non-hydrogen) atoms. The number of hydrogen-bond donors (Lipinski definition) is 0. The molecule has 0 bridgehead atoms. The van der Waals surface area contributed by atoms with E-state index in [9.17, 15) is 152 Å². The minimum Gasteiger partial charge on any atom is -0.544 e. The van der Waals surface area contributed by atoms with Crippen LogP contribution in [0.25, 0.3) is 0 Å². The summed E-state index contributed by atoms with van der Waals surface area (Å²) in [6.45, 7) is 0. The van der Waals surface area contributed by atoms with Crippen LogP contribution in [0.1, 0.15) is 0 Å². The van der Waals surface area contributed by atoms with Gasteiger partial charge in [-0.25, -0.2) is 0 Å². The van der Waals surface area contributed by atoms with Crippen molar-refractivity contribution in [1.29, 1.82) is 0 Å². The van der Waals surface area contributed by atoms with Gasteiger partial charge in [0.05, 0.1) is 0 Å². The van der Waals surface area contributed by atoms with E-state index in [2.05, 4.69) is 0 Å². The molecule has 4 nitrogen and oxygen atoms in total. The van der Waals surface area contributed by atoms with Crippen LogP contribution in [0.2, 0.25) is 0 Å². The van der Waals surface area contributed by atoms with Crippen molar-refractivity contribution >= 4 is 60.8 Å². The predicted molar refractivity (Wildman–Crippen MR) is 87.2 cm³/mol. The first-order valence-electron chi connectivity index (χ1n) is 9.99. The zero-order valence-corrected chi connectivity index (χ0v) is 26.1. The molecule has 0 aliphatic rings. The maximum atomic E-state index is 12.8. The Labute approximate surface area is 295 Å². The standard InChI is InChI=1S/2C8HF15O2.Ba/c2*9-2(10,1(24)25)3(11,12)4(13,14)5(15,16)6(17,18)7(19,20)8(21,22)23;/h2*(H,24,25);/q;;+2/p-2. The summed E-state index contributed by atoms with van der Waals surface area (Å²) in [6, 6.07) is 0. The van der Waals surface area contributed by atoms with E-state index in [0.29, 0.717) is 0 Å². The number of carbonyl (C=O) groups is 2. The Hall–Kier alpha value is -1.59. The van der Waals surface area contributed by atoms with Gasteiger partial charge in [-0.3, -0.25) is 0 Å². The Morgan fingerprint density at radius 2 is 0.373 bits per heavy atom. The summed E-state index contributed by atoms with van der Waals surface area (Å²) in [4.78, 5) is 19.2. The van der Waals surface area contributed by atoms with Crippen LogP contribution in [0, 0.1) is 0 Å². The third-order valence-electron chi connectivity index (χ3n) is 5.17. The molecular formula is C16BaF30O4. The molecule has 0 aromatic rings. The summed E-state index contributed by atoms with van der Waals surface area (Å²) in [6.07, 6.45) is -15.4. The average molecular weight is 963 g/mol. The van der Waals surface area contributed by atoms with Gasteiger partial charge < -0.3 is 19.8 Å². The fraction of sp³-hybridized carbons (Fsp3) is 0.875. The fourth-order valence-electron chi connectivity index (χ4n) is 2.19. The predicted octanol–water partition coefficient (Wildman–Crippen LogP) is 5.84. The van der Waals surface area contributed by atoms with Gasteiger partial charge in [0.1, 0.15) is 11.9 Å². The van der Waals surface area contributed by atoms with E-state index in [4.69, 9.17) is 0 Å². The molecule has 0 radical (unpaired) electrons. The van der Waals surface area contributed by atoms with E-state index in [1.807, 2.05) is 0 Å². The van der Waals surface area contributed by atoms with E-state index in [1.54, 1.807) is 0 Å². The molecule has 0 spiro atoms. The van der Waals surface area contributed by atoms with Gasteiger partial charge in [0.2, 0.25) is 0 Å². The van der Waals surface area contributed by atoms with Crippen molar-refractivity contribution in [3.8, 4) is 0 Å². The first-order valence-corrected chi connectivity index (χ1v) is 9.99. The molecule has 0 aliphatic carbocycles. The van der Waals surface area contributed by atoms with Crippen molar-refractivity contribution in [2.75, 3.05) is 0 Å². The fourth-order valence-corrected chi connectivity index (χ4v) is 2.19. The van der Waals surface area contributed by atoms with E-state index in [1.165, 1.54) is 0 Å². The summed E-state index contributed by atoms with van der Waals surface area (Å²) < 4.78 is 372. The van der Waals surface area contributed by atoms with Gasteiger partial charge in [-0.05, 0) is 0 Å². The molecule has 0 aromatic carbocycles. The molecule has 0 unspecified atom stereocenters. The molecule has 300 valence electrons. The molecule has 0 N–H and O–H groups in total. The molecule has 0 amide bonds. The topological polar surface area (TPSA) is 80.3 Å². The van der Waals surface area contributed by atoms with Crippen LogP contribution in [-0.2, 0) is 9.59 Å².